The lowest BCUT2D eigenvalue weighted by Gasteiger charge is -2.24. The van der Waals surface area contributed by atoms with Gasteiger partial charge in [0, 0.05) is 23.8 Å². The van der Waals surface area contributed by atoms with Crippen LogP contribution in [-0.4, -0.2) is 35.9 Å². The van der Waals surface area contributed by atoms with E-state index in [9.17, 15) is 14.7 Å². The topological polar surface area (TPSA) is 86.0 Å². The first-order valence-corrected chi connectivity index (χ1v) is 15.8. The molecule has 1 N–H and O–H groups in total. The Kier molecular flexibility index (Phi) is 11.3. The highest BCUT2D eigenvalue weighted by molar-refractivity contribution is 5.91. The zero-order valence-electron chi connectivity index (χ0n) is 26.5. The number of hydrogen-bond donors (Lipinski definition) is 1. The molecule has 3 aromatic rings. The molecule has 0 spiro atoms. The van der Waals surface area contributed by atoms with Crippen LogP contribution >= 0.6 is 0 Å². The molecule has 6 heteroatoms. The van der Waals surface area contributed by atoms with Gasteiger partial charge >= 0.3 is 11.9 Å². The van der Waals surface area contributed by atoms with Crippen LogP contribution in [-0.2, 0) is 38.3 Å². The van der Waals surface area contributed by atoms with Gasteiger partial charge in [-0.05, 0) is 86.1 Å². The van der Waals surface area contributed by atoms with E-state index in [1.54, 1.807) is 0 Å². The summed E-state index contributed by atoms with van der Waals surface area (Å²) in [6.07, 6.45) is 7.64. The fraction of sp³-hybridized carbons (Fsp3) is 0.514. The van der Waals surface area contributed by atoms with Crippen LogP contribution in [0.15, 0.2) is 64.6 Å². The summed E-state index contributed by atoms with van der Waals surface area (Å²) in [5, 5.41) is 11.1. The first-order valence-electron chi connectivity index (χ1n) is 15.8. The zero-order chi connectivity index (χ0) is 31.0. The molecular formula is C37H48O6. The van der Waals surface area contributed by atoms with E-state index in [4.69, 9.17) is 13.9 Å². The third-order valence-electron chi connectivity index (χ3n) is 8.21. The molecule has 0 unspecified atom stereocenters. The molecule has 0 bridgehead atoms. The van der Waals surface area contributed by atoms with Crippen molar-refractivity contribution >= 4 is 22.9 Å². The summed E-state index contributed by atoms with van der Waals surface area (Å²) in [6.45, 7) is 10.4. The Balaban J connectivity index is 1.27. The number of ether oxygens (including phenoxy) is 2. The average Bonchev–Trinajstić information content (AvgIpc) is 3.52. The molecule has 1 atom stereocenters. The van der Waals surface area contributed by atoms with Crippen molar-refractivity contribution in [2.75, 3.05) is 13.2 Å². The number of cyclic esters (lactones) is 1. The van der Waals surface area contributed by atoms with Crippen LogP contribution in [0.4, 0.5) is 0 Å². The Morgan fingerprint density at radius 3 is 2.33 bits per heavy atom. The summed E-state index contributed by atoms with van der Waals surface area (Å²) in [7, 11) is 0. The predicted molar refractivity (Wildman–Crippen MR) is 170 cm³/mol. The summed E-state index contributed by atoms with van der Waals surface area (Å²) in [5.41, 5.74) is 3.95. The summed E-state index contributed by atoms with van der Waals surface area (Å²) in [4.78, 5) is 25.3. The maximum atomic E-state index is 12.6. The minimum Gasteiger partial charge on any atom is -0.461 e. The summed E-state index contributed by atoms with van der Waals surface area (Å²) in [6, 6.07) is 16.8. The zero-order valence-corrected chi connectivity index (χ0v) is 26.5. The third-order valence-corrected chi connectivity index (χ3v) is 8.21. The van der Waals surface area contributed by atoms with Crippen molar-refractivity contribution in [1.82, 2.24) is 0 Å². The summed E-state index contributed by atoms with van der Waals surface area (Å²) >= 11 is 0. The highest BCUT2D eigenvalue weighted by Crippen LogP contribution is 2.33. The first kappa shape index (κ1) is 32.5. The van der Waals surface area contributed by atoms with Gasteiger partial charge in [-0.2, -0.15) is 0 Å². The lowest BCUT2D eigenvalue weighted by atomic mass is 9.86. The molecule has 43 heavy (non-hydrogen) atoms. The Morgan fingerprint density at radius 1 is 0.977 bits per heavy atom. The van der Waals surface area contributed by atoms with Gasteiger partial charge in [0.05, 0.1) is 13.0 Å². The molecule has 2 aromatic carbocycles. The van der Waals surface area contributed by atoms with Gasteiger partial charge in [-0.1, -0.05) is 69.7 Å². The number of allylic oxidation sites excluding steroid dienone is 1. The van der Waals surface area contributed by atoms with Gasteiger partial charge < -0.3 is 19.0 Å². The standard InChI is InChI=1S/C37H48O6/c1-25(2)18-30(19-26(3)4)12-14-31-22-37(23-38,43-36(31)40)24-41-35(39)17-15-33-21-32-20-29(13-16-34(32)42-33)11-10-28-8-6-27(5)7-9-28/h6-9,13-14,16,20-21,25-26,30,38H,10-12,15,17-19,22-24H2,1-5H3/b31-14+/t37-/m1/s1. The van der Waals surface area contributed by atoms with Crippen LogP contribution in [0.25, 0.3) is 11.0 Å². The number of esters is 2. The van der Waals surface area contributed by atoms with Crippen molar-refractivity contribution in [3.63, 3.8) is 0 Å². The van der Waals surface area contributed by atoms with E-state index >= 15 is 0 Å². The van der Waals surface area contributed by atoms with E-state index in [2.05, 4.69) is 71.0 Å². The number of hydrogen-bond acceptors (Lipinski definition) is 6. The first-order chi connectivity index (χ1) is 20.5. The lowest BCUT2D eigenvalue weighted by Crippen LogP contribution is -2.39. The Labute approximate surface area is 256 Å². The molecule has 1 aliphatic heterocycles. The monoisotopic (exact) mass is 588 g/mol. The summed E-state index contributed by atoms with van der Waals surface area (Å²) < 4.78 is 17.0. The molecule has 1 saturated heterocycles. The van der Waals surface area contributed by atoms with Crippen molar-refractivity contribution in [2.24, 2.45) is 17.8 Å². The smallest absolute Gasteiger partial charge is 0.334 e. The number of benzene rings is 2. The fourth-order valence-electron chi connectivity index (χ4n) is 6.00. The van der Waals surface area contributed by atoms with Gasteiger partial charge in [0.25, 0.3) is 0 Å². The number of carbonyl (C=O) groups excluding carboxylic acids is 2. The second kappa shape index (κ2) is 14.9. The van der Waals surface area contributed by atoms with Crippen LogP contribution < -0.4 is 0 Å². The maximum absolute atomic E-state index is 12.6. The highest BCUT2D eigenvalue weighted by Gasteiger charge is 2.44. The highest BCUT2D eigenvalue weighted by atomic mass is 16.6. The number of fused-ring (bicyclic) bond motifs is 1. The van der Waals surface area contributed by atoms with E-state index in [0.29, 0.717) is 29.7 Å². The van der Waals surface area contributed by atoms with E-state index < -0.39 is 24.1 Å². The fourth-order valence-corrected chi connectivity index (χ4v) is 6.00. The maximum Gasteiger partial charge on any atom is 0.334 e. The van der Waals surface area contributed by atoms with Gasteiger partial charge in [0.15, 0.2) is 5.60 Å². The molecule has 0 radical (unpaired) electrons. The summed E-state index contributed by atoms with van der Waals surface area (Å²) in [5.74, 6) is 1.52. The Morgan fingerprint density at radius 2 is 1.65 bits per heavy atom. The molecule has 232 valence electrons. The van der Waals surface area contributed by atoms with Crippen molar-refractivity contribution < 1.29 is 28.6 Å². The molecule has 0 amide bonds. The predicted octanol–water partition coefficient (Wildman–Crippen LogP) is 7.71. The van der Waals surface area contributed by atoms with Gasteiger partial charge in [0.2, 0.25) is 0 Å². The second-order valence-corrected chi connectivity index (χ2v) is 13.2. The number of aryl methyl sites for hydroxylation is 4. The number of carbonyl (C=O) groups is 2. The van der Waals surface area contributed by atoms with Crippen LogP contribution in [0.2, 0.25) is 0 Å². The van der Waals surface area contributed by atoms with E-state index in [-0.39, 0.29) is 19.4 Å². The van der Waals surface area contributed by atoms with E-state index in [0.717, 1.165) is 48.8 Å². The van der Waals surface area contributed by atoms with E-state index in [1.807, 2.05) is 18.2 Å². The second-order valence-electron chi connectivity index (χ2n) is 13.2. The molecule has 2 heterocycles. The van der Waals surface area contributed by atoms with Gasteiger partial charge in [-0.3, -0.25) is 4.79 Å². The number of aliphatic hydroxyl groups excluding tert-OH is 1. The van der Waals surface area contributed by atoms with Crippen LogP contribution in [0.1, 0.15) is 82.2 Å². The minimum absolute atomic E-state index is 0.129. The third kappa shape index (κ3) is 9.56. The molecular weight excluding hydrogens is 540 g/mol. The molecule has 4 rings (SSSR count). The molecule has 0 aliphatic carbocycles. The van der Waals surface area contributed by atoms with Crippen molar-refractivity contribution in [2.45, 2.75) is 91.6 Å². The van der Waals surface area contributed by atoms with Crippen molar-refractivity contribution in [3.8, 4) is 0 Å². The molecule has 0 saturated carbocycles. The molecule has 1 aliphatic rings. The Bertz CT molecular complexity index is 1390. The number of aliphatic hydroxyl groups is 1. The average molecular weight is 589 g/mol. The lowest BCUT2D eigenvalue weighted by molar-refractivity contribution is -0.166. The number of furan rings is 1. The van der Waals surface area contributed by atoms with Gasteiger partial charge in [0.1, 0.15) is 18.0 Å². The van der Waals surface area contributed by atoms with E-state index in [1.165, 1.54) is 16.7 Å². The molecule has 1 aromatic heterocycles. The van der Waals surface area contributed by atoms with Crippen LogP contribution in [0.5, 0.6) is 0 Å². The molecule has 6 nitrogen and oxygen atoms in total. The normalized spacial score (nSPS) is 18.0. The van der Waals surface area contributed by atoms with Crippen molar-refractivity contribution in [1.29, 1.82) is 0 Å². The molecule has 1 fully saturated rings. The SMILES string of the molecule is Cc1ccc(CCc2ccc3oc(CCC(=O)OC[C@]4(CO)C/C(=C\CC(CC(C)C)CC(C)C)C(=O)O4)cc3c2)cc1. The largest absolute Gasteiger partial charge is 0.461 e. The van der Waals surface area contributed by atoms with Crippen LogP contribution in [0.3, 0.4) is 0 Å². The van der Waals surface area contributed by atoms with Crippen LogP contribution in [0, 0.1) is 24.7 Å². The van der Waals surface area contributed by atoms with Gasteiger partial charge in [-0.25, -0.2) is 4.79 Å². The van der Waals surface area contributed by atoms with Crippen molar-refractivity contribution in [3.05, 3.63) is 82.6 Å². The Hall–Kier alpha value is -3.38. The quantitative estimate of drug-likeness (QED) is 0.145. The minimum atomic E-state index is -1.22. The number of rotatable bonds is 15. The van der Waals surface area contributed by atoms with Gasteiger partial charge in [-0.15, -0.1) is 0 Å².